The molecule has 0 atom stereocenters. The summed E-state index contributed by atoms with van der Waals surface area (Å²) < 4.78 is 0. The third-order valence-corrected chi connectivity index (χ3v) is 3.73. The lowest BCUT2D eigenvalue weighted by molar-refractivity contribution is -0.123. The number of carbonyl (C=O) groups excluding carboxylic acids is 2. The summed E-state index contributed by atoms with van der Waals surface area (Å²) in [5, 5.41) is 2.72. The minimum absolute atomic E-state index is 0.0572. The highest BCUT2D eigenvalue weighted by molar-refractivity contribution is 7.98. The first-order valence-electron chi connectivity index (χ1n) is 5.82. The molecule has 0 saturated carbocycles. The number of nitrogens with zero attached hydrogens (tertiary/aromatic N) is 1. The molecule has 1 saturated heterocycles. The van der Waals surface area contributed by atoms with Gasteiger partial charge in [0.15, 0.2) is 0 Å². The Kier molecular flexibility index (Phi) is 3.91. The lowest BCUT2D eigenvalue weighted by Crippen LogP contribution is -2.50. The molecule has 96 valence electrons. The van der Waals surface area contributed by atoms with Crippen molar-refractivity contribution in [3.63, 3.8) is 0 Å². The lowest BCUT2D eigenvalue weighted by atomic mass is 10.1. The molecule has 2 rings (SSSR count). The fraction of sp³-hybridized carbons (Fsp3) is 0.385. The van der Waals surface area contributed by atoms with Gasteiger partial charge in [0, 0.05) is 23.5 Å². The fourth-order valence-corrected chi connectivity index (χ4v) is 2.38. The number of hydrogen-bond donors (Lipinski definition) is 1. The molecule has 5 heteroatoms. The summed E-state index contributed by atoms with van der Waals surface area (Å²) in [5.74, 6) is -0.147. The number of aryl methyl sites for hydroxylation is 1. The van der Waals surface area contributed by atoms with Crippen LogP contribution in [-0.2, 0) is 4.79 Å². The van der Waals surface area contributed by atoms with Gasteiger partial charge in [-0.3, -0.25) is 9.59 Å². The van der Waals surface area contributed by atoms with Crippen molar-refractivity contribution in [1.29, 1.82) is 0 Å². The van der Waals surface area contributed by atoms with E-state index in [2.05, 4.69) is 5.32 Å². The number of nitrogens with one attached hydrogen (secondary N) is 1. The van der Waals surface area contributed by atoms with Gasteiger partial charge in [-0.1, -0.05) is 6.07 Å². The molecule has 0 bridgehead atoms. The van der Waals surface area contributed by atoms with E-state index in [0.717, 1.165) is 10.5 Å². The van der Waals surface area contributed by atoms with Gasteiger partial charge < -0.3 is 10.2 Å². The average molecular weight is 264 g/mol. The Bertz CT molecular complexity index is 488. The monoisotopic (exact) mass is 264 g/mol. The molecule has 1 N–H and O–H groups in total. The molecule has 4 nitrogen and oxygen atoms in total. The largest absolute Gasteiger partial charge is 0.353 e. The molecular formula is C13H16N2O2S. The van der Waals surface area contributed by atoms with E-state index in [1.165, 1.54) is 0 Å². The van der Waals surface area contributed by atoms with Gasteiger partial charge in [0.2, 0.25) is 5.91 Å². The van der Waals surface area contributed by atoms with E-state index in [0.29, 0.717) is 18.7 Å². The highest BCUT2D eigenvalue weighted by Gasteiger charge is 2.23. The topological polar surface area (TPSA) is 49.4 Å². The van der Waals surface area contributed by atoms with Crippen molar-refractivity contribution < 1.29 is 9.59 Å². The fourth-order valence-electron chi connectivity index (χ4n) is 1.94. The molecule has 1 aliphatic rings. The molecule has 0 spiro atoms. The molecule has 18 heavy (non-hydrogen) atoms. The van der Waals surface area contributed by atoms with Crippen LogP contribution in [0.15, 0.2) is 23.1 Å². The Hall–Kier alpha value is -1.49. The van der Waals surface area contributed by atoms with Crippen LogP contribution < -0.4 is 5.32 Å². The van der Waals surface area contributed by atoms with Gasteiger partial charge in [0.1, 0.15) is 0 Å². The van der Waals surface area contributed by atoms with Crippen LogP contribution in [0.3, 0.4) is 0 Å². The number of piperazine rings is 1. The smallest absolute Gasteiger partial charge is 0.254 e. The Balaban J connectivity index is 2.24. The van der Waals surface area contributed by atoms with Crippen LogP contribution in [0.2, 0.25) is 0 Å². The van der Waals surface area contributed by atoms with E-state index in [-0.39, 0.29) is 18.4 Å². The van der Waals surface area contributed by atoms with Gasteiger partial charge in [0.25, 0.3) is 5.91 Å². The first-order chi connectivity index (χ1) is 8.61. The quantitative estimate of drug-likeness (QED) is 0.819. The molecule has 0 aliphatic carbocycles. The predicted molar refractivity (Wildman–Crippen MR) is 71.9 cm³/mol. The zero-order valence-electron chi connectivity index (χ0n) is 10.5. The summed E-state index contributed by atoms with van der Waals surface area (Å²) in [4.78, 5) is 26.3. The summed E-state index contributed by atoms with van der Waals surface area (Å²) in [6.45, 7) is 3.18. The first kappa shape index (κ1) is 13.0. The Morgan fingerprint density at radius 3 is 2.89 bits per heavy atom. The second-order valence-electron chi connectivity index (χ2n) is 4.26. The number of rotatable bonds is 2. The van der Waals surface area contributed by atoms with Crippen molar-refractivity contribution in [1.82, 2.24) is 10.2 Å². The zero-order chi connectivity index (χ0) is 13.1. The normalized spacial score (nSPS) is 15.4. The molecule has 0 radical (unpaired) electrons. The van der Waals surface area contributed by atoms with Crippen LogP contribution in [0.5, 0.6) is 0 Å². The van der Waals surface area contributed by atoms with Crippen molar-refractivity contribution in [3.05, 3.63) is 29.3 Å². The molecule has 0 unspecified atom stereocenters. The van der Waals surface area contributed by atoms with Gasteiger partial charge in [-0.25, -0.2) is 0 Å². The van der Waals surface area contributed by atoms with E-state index in [1.54, 1.807) is 16.7 Å². The maximum absolute atomic E-state index is 12.4. The van der Waals surface area contributed by atoms with E-state index in [4.69, 9.17) is 0 Å². The highest BCUT2D eigenvalue weighted by Crippen LogP contribution is 2.20. The SMILES string of the molecule is CSc1ccc(C)c(C(=O)N2CCNC(=O)C2)c1. The zero-order valence-corrected chi connectivity index (χ0v) is 11.3. The van der Waals surface area contributed by atoms with Crippen molar-refractivity contribution in [2.24, 2.45) is 0 Å². The molecular weight excluding hydrogens is 248 g/mol. The predicted octanol–water partition coefficient (Wildman–Crippen LogP) is 1.29. The molecule has 1 fully saturated rings. The molecule has 0 aromatic heterocycles. The van der Waals surface area contributed by atoms with Crippen molar-refractivity contribution >= 4 is 23.6 Å². The second-order valence-corrected chi connectivity index (χ2v) is 5.14. The van der Waals surface area contributed by atoms with Crippen LogP contribution >= 0.6 is 11.8 Å². The van der Waals surface area contributed by atoms with Crippen LogP contribution in [-0.4, -0.2) is 42.6 Å². The van der Waals surface area contributed by atoms with Crippen LogP contribution in [0, 0.1) is 6.92 Å². The molecule has 1 aliphatic heterocycles. The van der Waals surface area contributed by atoms with Gasteiger partial charge in [-0.15, -0.1) is 11.8 Å². The average Bonchev–Trinajstić information content (AvgIpc) is 2.38. The highest BCUT2D eigenvalue weighted by atomic mass is 32.2. The summed E-state index contributed by atoms with van der Waals surface area (Å²) in [6, 6.07) is 5.84. The minimum atomic E-state index is -0.0896. The van der Waals surface area contributed by atoms with Crippen LogP contribution in [0.1, 0.15) is 15.9 Å². The van der Waals surface area contributed by atoms with Crippen molar-refractivity contribution in [2.45, 2.75) is 11.8 Å². The Morgan fingerprint density at radius 1 is 1.44 bits per heavy atom. The minimum Gasteiger partial charge on any atom is -0.353 e. The maximum atomic E-state index is 12.4. The maximum Gasteiger partial charge on any atom is 0.254 e. The third kappa shape index (κ3) is 2.67. The molecule has 1 aromatic carbocycles. The number of thioether (sulfide) groups is 1. The number of benzene rings is 1. The van der Waals surface area contributed by atoms with E-state index in [1.807, 2.05) is 31.4 Å². The van der Waals surface area contributed by atoms with Gasteiger partial charge in [-0.2, -0.15) is 0 Å². The standard InChI is InChI=1S/C13H16N2O2S/c1-9-3-4-10(18-2)7-11(9)13(17)15-6-5-14-12(16)8-15/h3-4,7H,5-6,8H2,1-2H3,(H,14,16). The summed E-state index contributed by atoms with van der Waals surface area (Å²) in [5.41, 5.74) is 1.64. The summed E-state index contributed by atoms with van der Waals surface area (Å²) in [7, 11) is 0. The van der Waals surface area contributed by atoms with Gasteiger partial charge in [0.05, 0.1) is 6.54 Å². The summed E-state index contributed by atoms with van der Waals surface area (Å²) >= 11 is 1.61. The number of hydrogen-bond acceptors (Lipinski definition) is 3. The van der Waals surface area contributed by atoms with Crippen LogP contribution in [0.25, 0.3) is 0 Å². The van der Waals surface area contributed by atoms with E-state index >= 15 is 0 Å². The Morgan fingerprint density at radius 2 is 2.22 bits per heavy atom. The van der Waals surface area contributed by atoms with Crippen LogP contribution in [0.4, 0.5) is 0 Å². The third-order valence-electron chi connectivity index (χ3n) is 3.00. The van der Waals surface area contributed by atoms with Crippen molar-refractivity contribution in [2.75, 3.05) is 25.9 Å². The first-order valence-corrected chi connectivity index (χ1v) is 7.05. The van der Waals surface area contributed by atoms with Crippen molar-refractivity contribution in [3.8, 4) is 0 Å². The number of amides is 2. The van der Waals surface area contributed by atoms with E-state index < -0.39 is 0 Å². The molecule has 1 heterocycles. The van der Waals surface area contributed by atoms with E-state index in [9.17, 15) is 9.59 Å². The second kappa shape index (κ2) is 5.44. The Labute approximate surface area is 111 Å². The number of carbonyl (C=O) groups is 2. The molecule has 1 aromatic rings. The van der Waals surface area contributed by atoms with Gasteiger partial charge >= 0.3 is 0 Å². The molecule has 2 amide bonds. The summed E-state index contributed by atoms with van der Waals surface area (Å²) in [6.07, 6.45) is 1.98. The van der Waals surface area contributed by atoms with Gasteiger partial charge in [-0.05, 0) is 30.9 Å². The lowest BCUT2D eigenvalue weighted by Gasteiger charge is -2.27.